The highest BCUT2D eigenvalue weighted by Gasteiger charge is 2.26. The Morgan fingerprint density at radius 3 is 1.54 bits per heavy atom. The predicted molar refractivity (Wildman–Crippen MR) is 201 cm³/mol. The number of phosphoric acid groups is 1. The number of rotatable bonds is 37. The molecule has 0 aromatic rings. The number of ether oxygens (including phenoxy) is 2. The molecule has 0 rings (SSSR count). The molecule has 0 spiro atoms. The molecule has 1 N–H and O–H groups in total. The van der Waals surface area contributed by atoms with Gasteiger partial charge in [-0.2, -0.15) is 0 Å². The lowest BCUT2D eigenvalue weighted by Crippen LogP contribution is -2.37. The van der Waals surface area contributed by atoms with Crippen LogP contribution < -0.4 is 0 Å². The van der Waals surface area contributed by atoms with Gasteiger partial charge in [-0.3, -0.25) is 13.8 Å². The fourth-order valence-corrected chi connectivity index (χ4v) is 6.26. The highest BCUT2D eigenvalue weighted by atomic mass is 31.2. The minimum absolute atomic E-state index is 0.0536. The van der Waals surface area contributed by atoms with Crippen LogP contribution in [0.3, 0.4) is 0 Å². The van der Waals surface area contributed by atoms with Crippen molar-refractivity contribution in [1.29, 1.82) is 0 Å². The minimum Gasteiger partial charge on any atom is -0.498 e. The first-order valence-corrected chi connectivity index (χ1v) is 21.5. The molecule has 0 radical (unpaired) electrons. The second-order valence-electron chi connectivity index (χ2n) is 14.7. The molecule has 8 nitrogen and oxygen atoms in total. The number of hydrogen-bond donors (Lipinski definition) is 1. The van der Waals surface area contributed by atoms with Crippen LogP contribution in [0.1, 0.15) is 181 Å². The highest BCUT2D eigenvalue weighted by molar-refractivity contribution is 7.47. The molecule has 0 aromatic heterocycles. The Morgan fingerprint density at radius 1 is 0.646 bits per heavy atom. The van der Waals surface area contributed by atoms with Crippen molar-refractivity contribution < 1.29 is 37.3 Å². The molecule has 0 aliphatic heterocycles. The van der Waals surface area contributed by atoms with E-state index in [0.29, 0.717) is 17.4 Å². The van der Waals surface area contributed by atoms with E-state index in [0.717, 1.165) is 32.1 Å². The van der Waals surface area contributed by atoms with Crippen molar-refractivity contribution in [2.75, 3.05) is 47.5 Å². The van der Waals surface area contributed by atoms with E-state index in [2.05, 4.69) is 13.8 Å². The normalized spacial score (nSPS) is 14.0. The molecule has 2 atom stereocenters. The van der Waals surface area contributed by atoms with E-state index in [-0.39, 0.29) is 25.8 Å². The summed E-state index contributed by atoms with van der Waals surface area (Å²) in [6.45, 7) is 4.94. The Balaban J connectivity index is 4.32. The summed E-state index contributed by atoms with van der Waals surface area (Å²) in [7, 11) is 1.64. The summed E-state index contributed by atoms with van der Waals surface area (Å²) in [6.07, 6.45) is 34.7. The summed E-state index contributed by atoms with van der Waals surface area (Å²) in [6, 6.07) is 0. The topological polar surface area (TPSA) is 91.3 Å². The molecule has 48 heavy (non-hydrogen) atoms. The van der Waals surface area contributed by atoms with Gasteiger partial charge in [0.1, 0.15) is 19.8 Å². The van der Waals surface area contributed by atoms with Crippen molar-refractivity contribution in [3.63, 3.8) is 0 Å². The molecule has 0 aliphatic carbocycles. The summed E-state index contributed by atoms with van der Waals surface area (Å²) in [4.78, 5) is 22.7. The SMILES string of the molecule is CCCCCCCCCCCCCC/C=C/OC[C@H](COP(=O)(O)OCC[N+](C)(C)C)OC(=O)CCCCCCCCCCCCCC. The smallest absolute Gasteiger partial charge is 0.472 e. The average Bonchev–Trinajstić information content (AvgIpc) is 3.03. The molecular formula is C39H79NO7P+. The van der Waals surface area contributed by atoms with Gasteiger partial charge in [0, 0.05) is 6.42 Å². The zero-order chi connectivity index (χ0) is 35.6. The fraction of sp³-hybridized carbons (Fsp3) is 0.923. The van der Waals surface area contributed by atoms with Gasteiger partial charge in [0.05, 0.1) is 34.0 Å². The van der Waals surface area contributed by atoms with E-state index in [1.807, 2.05) is 27.2 Å². The van der Waals surface area contributed by atoms with E-state index < -0.39 is 13.9 Å². The van der Waals surface area contributed by atoms with Crippen LogP contribution in [0, 0.1) is 0 Å². The fourth-order valence-electron chi connectivity index (χ4n) is 5.52. The maximum atomic E-state index is 12.6. The largest absolute Gasteiger partial charge is 0.498 e. The maximum absolute atomic E-state index is 12.6. The summed E-state index contributed by atoms with van der Waals surface area (Å²) < 4.78 is 34.6. The van der Waals surface area contributed by atoms with Crippen LogP contribution in [0.2, 0.25) is 0 Å². The summed E-state index contributed by atoms with van der Waals surface area (Å²) in [5.41, 5.74) is 0. The Kier molecular flexibility index (Phi) is 32.6. The first kappa shape index (κ1) is 47.1. The van der Waals surface area contributed by atoms with Gasteiger partial charge in [0.15, 0.2) is 6.10 Å². The third-order valence-electron chi connectivity index (χ3n) is 8.67. The molecule has 0 saturated carbocycles. The summed E-state index contributed by atoms with van der Waals surface area (Å²) in [5, 5.41) is 0. The number of nitrogens with zero attached hydrogens (tertiary/aromatic N) is 1. The Bertz CT molecular complexity index is 787. The first-order valence-electron chi connectivity index (χ1n) is 20.0. The number of hydrogen-bond acceptors (Lipinski definition) is 6. The quantitative estimate of drug-likeness (QED) is 0.0226. The zero-order valence-corrected chi connectivity index (χ0v) is 33.1. The molecule has 286 valence electrons. The van der Waals surface area contributed by atoms with Gasteiger partial charge in [0.25, 0.3) is 0 Å². The number of unbranched alkanes of at least 4 members (excludes halogenated alkanes) is 23. The molecule has 0 bridgehead atoms. The molecule has 0 fully saturated rings. The van der Waals surface area contributed by atoms with Gasteiger partial charge in [-0.15, -0.1) is 0 Å². The Morgan fingerprint density at radius 2 is 1.08 bits per heavy atom. The summed E-state index contributed by atoms with van der Waals surface area (Å²) in [5.74, 6) is -0.335. The number of allylic oxidation sites excluding steroid dienone is 1. The van der Waals surface area contributed by atoms with Crippen LogP contribution in [-0.4, -0.2) is 69.0 Å². The predicted octanol–water partition coefficient (Wildman–Crippen LogP) is 11.5. The molecule has 0 amide bonds. The van der Waals surface area contributed by atoms with E-state index in [1.165, 1.54) is 128 Å². The van der Waals surface area contributed by atoms with Gasteiger partial charge in [0.2, 0.25) is 0 Å². The van der Waals surface area contributed by atoms with Crippen LogP contribution in [0.25, 0.3) is 0 Å². The number of esters is 1. The van der Waals surface area contributed by atoms with Crippen molar-refractivity contribution in [1.82, 2.24) is 0 Å². The molecule has 0 heterocycles. The van der Waals surface area contributed by atoms with Crippen LogP contribution in [0.15, 0.2) is 12.3 Å². The van der Waals surface area contributed by atoms with Crippen LogP contribution in [0.5, 0.6) is 0 Å². The van der Waals surface area contributed by atoms with Gasteiger partial charge < -0.3 is 18.9 Å². The molecule has 1 unspecified atom stereocenters. The van der Waals surface area contributed by atoms with E-state index in [9.17, 15) is 14.3 Å². The van der Waals surface area contributed by atoms with Crippen LogP contribution in [0.4, 0.5) is 0 Å². The van der Waals surface area contributed by atoms with Crippen molar-refractivity contribution in [2.24, 2.45) is 0 Å². The summed E-state index contributed by atoms with van der Waals surface area (Å²) >= 11 is 0. The van der Waals surface area contributed by atoms with E-state index in [1.54, 1.807) is 6.26 Å². The minimum atomic E-state index is -4.28. The molecule has 0 aromatic carbocycles. The van der Waals surface area contributed by atoms with Crippen molar-refractivity contribution >= 4 is 13.8 Å². The second-order valence-corrected chi connectivity index (χ2v) is 16.2. The number of quaternary nitrogens is 1. The highest BCUT2D eigenvalue weighted by Crippen LogP contribution is 2.43. The Hall–Kier alpha value is -0.920. The van der Waals surface area contributed by atoms with E-state index in [4.69, 9.17) is 18.5 Å². The monoisotopic (exact) mass is 705 g/mol. The standard InChI is InChI=1S/C39H78NO7P/c1-6-8-10-12-14-16-18-20-21-23-25-27-29-31-34-44-36-38(37-46-48(42,43)45-35-33-40(3,4)5)47-39(41)32-30-28-26-24-22-19-17-15-13-11-9-7-2/h31,34,38H,6-30,32-33,35-37H2,1-5H3/p+1/b34-31+/t38-/m1/s1. The van der Waals surface area contributed by atoms with Gasteiger partial charge in [-0.25, -0.2) is 4.57 Å². The molecule has 0 saturated heterocycles. The van der Waals surface area contributed by atoms with Gasteiger partial charge in [-0.1, -0.05) is 155 Å². The molecule has 9 heteroatoms. The number of phosphoric ester groups is 1. The zero-order valence-electron chi connectivity index (χ0n) is 32.2. The first-order chi connectivity index (χ1) is 23.1. The molecule has 0 aliphatic rings. The lowest BCUT2D eigenvalue weighted by Gasteiger charge is -2.24. The van der Waals surface area contributed by atoms with Gasteiger partial charge in [-0.05, 0) is 25.3 Å². The third-order valence-corrected chi connectivity index (χ3v) is 9.66. The third kappa shape index (κ3) is 36.4. The Labute approximate surface area is 297 Å². The maximum Gasteiger partial charge on any atom is 0.472 e. The van der Waals surface area contributed by atoms with Crippen LogP contribution >= 0.6 is 7.82 Å². The van der Waals surface area contributed by atoms with Gasteiger partial charge >= 0.3 is 13.8 Å². The number of likely N-dealkylation sites (N-methyl/N-ethyl adjacent to an activating group) is 1. The van der Waals surface area contributed by atoms with Crippen LogP contribution in [-0.2, 0) is 27.9 Å². The van der Waals surface area contributed by atoms with E-state index >= 15 is 0 Å². The van der Waals surface area contributed by atoms with Crippen molar-refractivity contribution in [3.05, 3.63) is 12.3 Å². The average molecular weight is 705 g/mol. The number of carbonyl (C=O) groups is 1. The number of carbonyl (C=O) groups excluding carboxylic acids is 1. The lowest BCUT2D eigenvalue weighted by molar-refractivity contribution is -0.870. The van der Waals surface area contributed by atoms with Crippen molar-refractivity contribution in [2.45, 2.75) is 187 Å². The molecular weight excluding hydrogens is 625 g/mol. The second kappa shape index (κ2) is 33.2. The van der Waals surface area contributed by atoms with Crippen molar-refractivity contribution in [3.8, 4) is 0 Å². The lowest BCUT2D eigenvalue weighted by atomic mass is 10.0.